The summed E-state index contributed by atoms with van der Waals surface area (Å²) in [5.41, 5.74) is -8.52. The molecule has 3 aliphatic heterocycles. The number of sulfone groups is 1. The smallest absolute Gasteiger partial charge is 0.369 e. The summed E-state index contributed by atoms with van der Waals surface area (Å²) in [4.78, 5) is 33.1. The Morgan fingerprint density at radius 2 is 1.51 bits per heavy atom. The van der Waals surface area contributed by atoms with Crippen LogP contribution in [-0.4, -0.2) is 96.3 Å². The fourth-order valence-electron chi connectivity index (χ4n) is 5.53. The van der Waals surface area contributed by atoms with Gasteiger partial charge < -0.3 is 14.9 Å². The molecule has 3 saturated heterocycles. The highest BCUT2D eigenvalue weighted by Crippen LogP contribution is 2.54. The van der Waals surface area contributed by atoms with Crippen molar-refractivity contribution in [3.05, 3.63) is 38.4 Å². The third-order valence-corrected chi connectivity index (χ3v) is 11.7. The highest BCUT2D eigenvalue weighted by atomic mass is 35.5. The second-order valence-electron chi connectivity index (χ2n) is 10.9. The number of piperidine rings is 1. The van der Waals surface area contributed by atoms with E-state index in [-0.39, 0.29) is 72.0 Å². The molecule has 0 saturated carbocycles. The summed E-state index contributed by atoms with van der Waals surface area (Å²) in [6.45, 7) is 0.145. The van der Waals surface area contributed by atoms with Crippen LogP contribution in [0.2, 0.25) is 10.0 Å². The van der Waals surface area contributed by atoms with E-state index in [1.807, 2.05) is 0 Å². The quantitative estimate of drug-likeness (QED) is 0.457. The van der Waals surface area contributed by atoms with Crippen LogP contribution in [0.15, 0.2) is 12.1 Å². The number of aromatic nitrogens is 1. The molecule has 5 rings (SSSR count). The largest absolute Gasteiger partial charge is 0.430 e. The van der Waals surface area contributed by atoms with Crippen molar-refractivity contribution in [3.63, 3.8) is 0 Å². The van der Waals surface area contributed by atoms with Crippen molar-refractivity contribution in [1.29, 1.82) is 0 Å². The van der Waals surface area contributed by atoms with E-state index < -0.39 is 72.5 Å². The van der Waals surface area contributed by atoms with E-state index in [2.05, 4.69) is 4.98 Å². The number of carbonyl (C=O) groups is 2. The van der Waals surface area contributed by atoms with Crippen molar-refractivity contribution < 1.29 is 53.8 Å². The van der Waals surface area contributed by atoms with Gasteiger partial charge in [-0.15, -0.1) is 11.3 Å². The third-order valence-electron chi connectivity index (χ3n) is 7.65. The van der Waals surface area contributed by atoms with Gasteiger partial charge in [-0.1, -0.05) is 35.3 Å². The van der Waals surface area contributed by atoms with Gasteiger partial charge in [0.15, 0.2) is 14.8 Å². The van der Waals surface area contributed by atoms with Crippen molar-refractivity contribution in [2.45, 2.75) is 37.0 Å². The Balaban J connectivity index is 1.55. The van der Waals surface area contributed by atoms with E-state index in [0.717, 1.165) is 0 Å². The number of amides is 2. The van der Waals surface area contributed by atoms with Crippen LogP contribution in [0.4, 0.5) is 30.7 Å². The SMILES string of the molecule is O=C(c1nc(C(=O)N2CCC(F)CC2)c(-c2ccc(C(O)(C(F)(F)F)C(F)(F)F)c(Cl)c2Cl)s1)N1CC2(C1)CS(=O)(=O)C2. The summed E-state index contributed by atoms with van der Waals surface area (Å²) in [5.74, 6) is -1.67. The number of thiazole rings is 1. The monoisotopic (exact) mass is 697 g/mol. The van der Waals surface area contributed by atoms with Crippen molar-refractivity contribution in [2.24, 2.45) is 5.41 Å². The second-order valence-corrected chi connectivity index (χ2v) is 14.7. The fourth-order valence-corrected chi connectivity index (χ4v) is 9.35. The first-order valence-corrected chi connectivity index (χ1v) is 15.9. The Bertz CT molecular complexity index is 1570. The molecule has 4 heterocycles. The molecule has 1 aromatic heterocycles. The number of nitrogens with zero attached hydrogens (tertiary/aromatic N) is 3. The lowest BCUT2D eigenvalue weighted by Gasteiger charge is -2.54. The Hall–Kier alpha value is -2.21. The molecular weight excluding hydrogens is 678 g/mol. The minimum absolute atomic E-state index is 0.00448. The van der Waals surface area contributed by atoms with Gasteiger partial charge in [-0.25, -0.2) is 17.8 Å². The topological polar surface area (TPSA) is 108 Å². The lowest BCUT2D eigenvalue weighted by atomic mass is 9.83. The van der Waals surface area contributed by atoms with Crippen molar-refractivity contribution >= 4 is 56.2 Å². The number of benzene rings is 1. The predicted molar refractivity (Wildman–Crippen MR) is 141 cm³/mol. The molecule has 0 atom stereocenters. The minimum Gasteiger partial charge on any atom is -0.369 e. The molecule has 19 heteroatoms. The molecule has 2 aromatic rings. The Labute approximate surface area is 253 Å². The highest BCUT2D eigenvalue weighted by Gasteiger charge is 2.72. The zero-order valence-electron chi connectivity index (χ0n) is 21.5. The number of aliphatic hydroxyl groups is 1. The Morgan fingerprint density at radius 1 is 0.953 bits per heavy atom. The number of halogens is 9. The summed E-state index contributed by atoms with van der Waals surface area (Å²) in [6.07, 6.45) is -13.6. The van der Waals surface area contributed by atoms with Crippen LogP contribution in [0.3, 0.4) is 0 Å². The average Bonchev–Trinajstić information content (AvgIpc) is 3.30. The number of rotatable bonds is 4. The number of hydrogen-bond acceptors (Lipinski definition) is 7. The van der Waals surface area contributed by atoms with Crippen molar-refractivity contribution in [1.82, 2.24) is 14.8 Å². The van der Waals surface area contributed by atoms with E-state index >= 15 is 0 Å². The fraction of sp³-hybridized carbons (Fsp3) is 0.542. The Morgan fingerprint density at radius 3 is 2.02 bits per heavy atom. The van der Waals surface area contributed by atoms with Gasteiger partial charge in [0.2, 0.25) is 0 Å². The van der Waals surface area contributed by atoms with Crippen LogP contribution in [0.5, 0.6) is 0 Å². The molecule has 1 aromatic carbocycles. The summed E-state index contributed by atoms with van der Waals surface area (Å²) in [6, 6.07) is 0.959. The minimum atomic E-state index is -6.25. The van der Waals surface area contributed by atoms with Gasteiger partial charge in [-0.2, -0.15) is 26.3 Å². The molecule has 0 bridgehead atoms. The van der Waals surface area contributed by atoms with E-state index in [1.165, 1.54) is 9.80 Å². The molecule has 2 amide bonds. The maximum atomic E-state index is 13.7. The molecule has 8 nitrogen and oxygen atoms in total. The van der Waals surface area contributed by atoms with E-state index in [1.54, 1.807) is 0 Å². The zero-order valence-corrected chi connectivity index (χ0v) is 24.7. The molecular formula is C24H20Cl2F7N3O5S2. The van der Waals surface area contributed by atoms with Gasteiger partial charge in [0.1, 0.15) is 11.9 Å². The summed E-state index contributed by atoms with van der Waals surface area (Å²) in [5, 5.41) is 7.38. The molecule has 1 N–H and O–H groups in total. The highest BCUT2D eigenvalue weighted by molar-refractivity contribution is 7.92. The van der Waals surface area contributed by atoms with Crippen LogP contribution in [0, 0.1) is 5.41 Å². The van der Waals surface area contributed by atoms with Gasteiger partial charge in [-0.3, -0.25) is 9.59 Å². The lowest BCUT2D eigenvalue weighted by Crippen LogP contribution is -2.69. The summed E-state index contributed by atoms with van der Waals surface area (Å²) >= 11 is 12.6. The van der Waals surface area contributed by atoms with E-state index in [0.29, 0.717) is 17.4 Å². The molecule has 236 valence electrons. The van der Waals surface area contributed by atoms with Gasteiger partial charge in [-0.05, 0) is 12.8 Å². The third kappa shape index (κ3) is 5.38. The average molecular weight is 698 g/mol. The normalized spacial score (nSPS) is 20.6. The maximum absolute atomic E-state index is 13.7. The first-order chi connectivity index (χ1) is 19.7. The van der Waals surface area contributed by atoms with Gasteiger partial charge in [0, 0.05) is 42.7 Å². The van der Waals surface area contributed by atoms with Crippen LogP contribution < -0.4 is 0 Å². The number of hydrogen-bond donors (Lipinski definition) is 1. The van der Waals surface area contributed by atoms with Gasteiger partial charge in [0.05, 0.1) is 26.4 Å². The Kier molecular flexibility index (Phi) is 7.80. The van der Waals surface area contributed by atoms with Crippen LogP contribution >= 0.6 is 34.5 Å². The van der Waals surface area contributed by atoms with Crippen molar-refractivity contribution in [3.8, 4) is 10.4 Å². The first kappa shape index (κ1) is 32.2. The summed E-state index contributed by atoms with van der Waals surface area (Å²) in [7, 11) is -3.19. The molecule has 0 radical (unpaired) electrons. The van der Waals surface area contributed by atoms with Crippen LogP contribution in [0.1, 0.15) is 38.7 Å². The second kappa shape index (κ2) is 10.4. The number of likely N-dealkylation sites (tertiary alicyclic amines) is 2. The predicted octanol–water partition coefficient (Wildman–Crippen LogP) is 4.87. The number of carbonyl (C=O) groups excluding carboxylic acids is 2. The summed E-state index contributed by atoms with van der Waals surface area (Å²) < 4.78 is 118. The maximum Gasteiger partial charge on any atom is 0.430 e. The van der Waals surface area contributed by atoms with Gasteiger partial charge >= 0.3 is 12.4 Å². The van der Waals surface area contributed by atoms with Gasteiger partial charge in [0.25, 0.3) is 17.4 Å². The van der Waals surface area contributed by atoms with Crippen molar-refractivity contribution in [2.75, 3.05) is 37.7 Å². The van der Waals surface area contributed by atoms with E-state index in [4.69, 9.17) is 23.2 Å². The molecule has 3 fully saturated rings. The molecule has 3 aliphatic rings. The zero-order chi connectivity index (χ0) is 31.9. The first-order valence-electron chi connectivity index (χ1n) is 12.5. The standard InChI is InChI=1S/C24H20Cl2F7N3O5S2/c25-14-12(1-2-13(15(14)26)22(39,23(28,29)30)24(31,32)33)17-16(19(37)35-5-3-11(27)4-6-35)34-18(42-17)20(38)36-7-21(8-36)9-43(40,41)10-21/h1-2,11,39H,3-10H2. The van der Waals surface area contributed by atoms with Crippen LogP contribution in [0.25, 0.3) is 10.4 Å². The molecule has 0 unspecified atom stereocenters. The van der Waals surface area contributed by atoms with Crippen LogP contribution in [-0.2, 0) is 15.4 Å². The molecule has 43 heavy (non-hydrogen) atoms. The molecule has 0 aliphatic carbocycles. The number of alkyl halides is 7. The molecule has 1 spiro atoms. The lowest BCUT2D eigenvalue weighted by molar-refractivity contribution is -0.376. The van der Waals surface area contributed by atoms with E-state index in [9.17, 15) is 53.8 Å².